The number of carbonyl (C=O) groups is 2. The summed E-state index contributed by atoms with van der Waals surface area (Å²) in [5.41, 5.74) is 0. The van der Waals surface area contributed by atoms with E-state index in [1.807, 2.05) is 27.7 Å². The highest BCUT2D eigenvalue weighted by molar-refractivity contribution is 5.83. The van der Waals surface area contributed by atoms with Crippen LogP contribution < -0.4 is 0 Å². The van der Waals surface area contributed by atoms with E-state index < -0.39 is 12.1 Å². The van der Waals surface area contributed by atoms with Crippen molar-refractivity contribution in [3.8, 4) is 0 Å². The molecule has 0 aromatic carbocycles. The van der Waals surface area contributed by atoms with E-state index in [1.165, 1.54) is 6.08 Å². The van der Waals surface area contributed by atoms with Crippen molar-refractivity contribution in [1.82, 2.24) is 4.90 Å². The second-order valence-corrected chi connectivity index (χ2v) is 4.47. The number of esters is 1. The first-order valence-electron chi connectivity index (χ1n) is 6.14. The molecule has 0 rings (SSSR count). The molecule has 0 spiro atoms. The van der Waals surface area contributed by atoms with Crippen molar-refractivity contribution >= 4 is 12.1 Å². The molecule has 0 saturated heterocycles. The fourth-order valence-corrected chi connectivity index (χ4v) is 1.59. The minimum atomic E-state index is -0.511. The van der Waals surface area contributed by atoms with Crippen molar-refractivity contribution in [1.29, 1.82) is 0 Å². The van der Waals surface area contributed by atoms with Crippen molar-refractivity contribution < 1.29 is 19.1 Å². The largest absolute Gasteiger partial charge is 0.463 e. The van der Waals surface area contributed by atoms with E-state index in [1.54, 1.807) is 18.7 Å². The Kier molecular flexibility index (Phi) is 7.08. The maximum atomic E-state index is 11.9. The monoisotopic (exact) mass is 257 g/mol. The third-order valence-corrected chi connectivity index (χ3v) is 2.18. The fraction of sp³-hybridized carbons (Fsp3) is 0.692. The molecule has 0 heterocycles. The highest BCUT2D eigenvalue weighted by Gasteiger charge is 2.22. The Labute approximate surface area is 109 Å². The SMILES string of the molecule is CCOC(=O)/C=C(/C)OC(=O)N(C(C)C)C(C)C. The maximum Gasteiger partial charge on any atom is 0.415 e. The fourth-order valence-electron chi connectivity index (χ4n) is 1.59. The van der Waals surface area contributed by atoms with Crippen molar-refractivity contribution in [2.45, 2.75) is 53.6 Å². The molecule has 5 nitrogen and oxygen atoms in total. The molecule has 5 heteroatoms. The number of allylic oxidation sites excluding steroid dienone is 1. The van der Waals surface area contributed by atoms with Gasteiger partial charge in [0.15, 0.2) is 0 Å². The molecule has 0 radical (unpaired) electrons. The van der Waals surface area contributed by atoms with Gasteiger partial charge in [-0.15, -0.1) is 0 Å². The van der Waals surface area contributed by atoms with Gasteiger partial charge in [0.2, 0.25) is 0 Å². The van der Waals surface area contributed by atoms with E-state index >= 15 is 0 Å². The Morgan fingerprint density at radius 2 is 1.67 bits per heavy atom. The van der Waals surface area contributed by atoms with Crippen LogP contribution in [0.3, 0.4) is 0 Å². The molecule has 0 aromatic heterocycles. The summed E-state index contributed by atoms with van der Waals surface area (Å²) < 4.78 is 9.83. The molecule has 18 heavy (non-hydrogen) atoms. The summed E-state index contributed by atoms with van der Waals surface area (Å²) in [6.45, 7) is 11.2. The lowest BCUT2D eigenvalue weighted by atomic mass is 10.2. The standard InChI is InChI=1S/C13H23NO4/c1-7-17-12(15)8-11(6)18-13(16)14(9(2)3)10(4)5/h8-10H,7H2,1-6H3/b11-8-. The Morgan fingerprint density at radius 3 is 2.06 bits per heavy atom. The van der Waals surface area contributed by atoms with Crippen LogP contribution in [0, 0.1) is 0 Å². The van der Waals surface area contributed by atoms with Gasteiger partial charge in [-0.1, -0.05) is 0 Å². The molecule has 0 atom stereocenters. The van der Waals surface area contributed by atoms with E-state index in [0.29, 0.717) is 6.61 Å². The summed E-state index contributed by atoms with van der Waals surface area (Å²) in [6.07, 6.45) is 0.707. The summed E-state index contributed by atoms with van der Waals surface area (Å²) in [7, 11) is 0. The van der Waals surface area contributed by atoms with Crippen LogP contribution in [0.5, 0.6) is 0 Å². The minimum absolute atomic E-state index is 0.0351. The van der Waals surface area contributed by atoms with Crippen molar-refractivity contribution in [3.05, 3.63) is 11.8 Å². The molecule has 104 valence electrons. The number of hydrogen-bond acceptors (Lipinski definition) is 4. The Bertz CT molecular complexity index is 313. The zero-order chi connectivity index (χ0) is 14.3. The molecule has 0 aliphatic rings. The minimum Gasteiger partial charge on any atom is -0.463 e. The molecule has 0 unspecified atom stereocenters. The number of hydrogen-bond donors (Lipinski definition) is 0. The van der Waals surface area contributed by atoms with Gasteiger partial charge >= 0.3 is 12.1 Å². The number of amides is 1. The van der Waals surface area contributed by atoms with Crippen LogP contribution in [-0.4, -0.2) is 35.7 Å². The number of nitrogens with zero attached hydrogens (tertiary/aromatic N) is 1. The molecule has 0 aliphatic carbocycles. The van der Waals surface area contributed by atoms with Crippen molar-refractivity contribution in [2.75, 3.05) is 6.61 Å². The molecule has 0 fully saturated rings. The van der Waals surface area contributed by atoms with E-state index in [0.717, 1.165) is 0 Å². The molecular formula is C13H23NO4. The Hall–Kier alpha value is -1.52. The van der Waals surface area contributed by atoms with Gasteiger partial charge in [0.1, 0.15) is 5.76 Å². The first-order chi connectivity index (χ1) is 8.29. The maximum absolute atomic E-state index is 11.9. The van der Waals surface area contributed by atoms with Crippen molar-refractivity contribution in [3.63, 3.8) is 0 Å². The van der Waals surface area contributed by atoms with Gasteiger partial charge in [-0.2, -0.15) is 0 Å². The third-order valence-electron chi connectivity index (χ3n) is 2.18. The Balaban J connectivity index is 4.59. The normalized spacial score (nSPS) is 11.7. The lowest BCUT2D eigenvalue weighted by Crippen LogP contribution is -2.42. The van der Waals surface area contributed by atoms with E-state index in [9.17, 15) is 9.59 Å². The van der Waals surface area contributed by atoms with Crippen molar-refractivity contribution in [2.24, 2.45) is 0 Å². The molecule has 0 saturated carbocycles. The van der Waals surface area contributed by atoms with Gasteiger partial charge in [-0.05, 0) is 41.5 Å². The van der Waals surface area contributed by atoms with Gasteiger partial charge in [0.05, 0.1) is 12.7 Å². The first-order valence-corrected chi connectivity index (χ1v) is 6.14. The van der Waals surface area contributed by atoms with Crippen LogP contribution >= 0.6 is 0 Å². The molecule has 0 aromatic rings. The summed E-state index contributed by atoms with van der Waals surface area (Å²) in [6, 6.07) is 0.0702. The first kappa shape index (κ1) is 16.5. The van der Waals surface area contributed by atoms with Crippen LogP contribution in [0.2, 0.25) is 0 Å². The number of rotatable bonds is 5. The zero-order valence-electron chi connectivity index (χ0n) is 12.0. The number of carbonyl (C=O) groups excluding carboxylic acids is 2. The van der Waals surface area contributed by atoms with Gasteiger partial charge in [-0.25, -0.2) is 9.59 Å². The third kappa shape index (κ3) is 5.70. The summed E-state index contributed by atoms with van der Waals surface area (Å²) >= 11 is 0. The molecule has 0 N–H and O–H groups in total. The highest BCUT2D eigenvalue weighted by Crippen LogP contribution is 2.10. The van der Waals surface area contributed by atoms with Gasteiger partial charge in [0, 0.05) is 12.1 Å². The van der Waals surface area contributed by atoms with Crippen LogP contribution in [0.4, 0.5) is 4.79 Å². The van der Waals surface area contributed by atoms with Crippen LogP contribution in [0.15, 0.2) is 11.8 Å². The molecule has 0 bridgehead atoms. The lowest BCUT2D eigenvalue weighted by molar-refractivity contribution is -0.137. The number of ether oxygens (including phenoxy) is 2. The average molecular weight is 257 g/mol. The lowest BCUT2D eigenvalue weighted by Gasteiger charge is -2.29. The topological polar surface area (TPSA) is 55.8 Å². The van der Waals surface area contributed by atoms with Gasteiger partial charge < -0.3 is 14.4 Å². The van der Waals surface area contributed by atoms with E-state index in [2.05, 4.69) is 0 Å². The quantitative estimate of drug-likeness (QED) is 0.431. The zero-order valence-corrected chi connectivity index (χ0v) is 12.0. The summed E-state index contributed by atoms with van der Waals surface area (Å²) in [5, 5.41) is 0. The van der Waals surface area contributed by atoms with Gasteiger partial charge in [-0.3, -0.25) is 0 Å². The smallest absolute Gasteiger partial charge is 0.415 e. The van der Waals surface area contributed by atoms with Crippen LogP contribution in [0.1, 0.15) is 41.5 Å². The highest BCUT2D eigenvalue weighted by atomic mass is 16.6. The van der Waals surface area contributed by atoms with E-state index in [-0.39, 0.29) is 17.8 Å². The predicted octanol–water partition coefficient (Wildman–Crippen LogP) is 2.71. The summed E-state index contributed by atoms with van der Waals surface area (Å²) in [5.74, 6) is -0.284. The molecule has 1 amide bonds. The average Bonchev–Trinajstić information content (AvgIpc) is 2.14. The Morgan fingerprint density at radius 1 is 1.17 bits per heavy atom. The predicted molar refractivity (Wildman–Crippen MR) is 69.0 cm³/mol. The van der Waals surface area contributed by atoms with Crippen LogP contribution in [-0.2, 0) is 14.3 Å². The molecule has 0 aliphatic heterocycles. The van der Waals surface area contributed by atoms with Crippen LogP contribution in [0.25, 0.3) is 0 Å². The second kappa shape index (κ2) is 7.74. The molecular weight excluding hydrogens is 234 g/mol. The van der Waals surface area contributed by atoms with E-state index in [4.69, 9.17) is 9.47 Å². The second-order valence-electron chi connectivity index (χ2n) is 4.47. The van der Waals surface area contributed by atoms with Gasteiger partial charge in [0.25, 0.3) is 0 Å². The summed E-state index contributed by atoms with van der Waals surface area (Å²) in [4.78, 5) is 24.7.